The van der Waals surface area contributed by atoms with Crippen LogP contribution in [0.3, 0.4) is 0 Å². The van der Waals surface area contributed by atoms with Crippen molar-refractivity contribution in [2.75, 3.05) is 5.73 Å². The zero-order valence-corrected chi connectivity index (χ0v) is 18.2. The molecular weight excluding hydrogens is 442 g/mol. The number of carbonyl (C=O) groups excluding carboxylic acids is 2. The van der Waals surface area contributed by atoms with E-state index in [2.05, 4.69) is 15.5 Å². The Bertz CT molecular complexity index is 1000. The van der Waals surface area contributed by atoms with Gasteiger partial charge in [0.15, 0.2) is 10.8 Å². The van der Waals surface area contributed by atoms with Crippen LogP contribution in [0.5, 0.6) is 0 Å². The molecule has 1 aromatic heterocycles. The average molecular weight is 464 g/mol. The van der Waals surface area contributed by atoms with Gasteiger partial charge in [-0.25, -0.2) is 9.78 Å². The van der Waals surface area contributed by atoms with Crippen LogP contribution in [0.25, 0.3) is 0 Å². The summed E-state index contributed by atoms with van der Waals surface area (Å²) in [7, 11) is 0. The number of nitrogens with zero attached hydrogens (tertiary/aromatic N) is 3. The molecule has 4 atom stereocenters. The highest BCUT2D eigenvalue weighted by atomic mass is 32.2. The molecule has 12 heteroatoms. The van der Waals surface area contributed by atoms with Gasteiger partial charge < -0.3 is 21.0 Å². The Kier molecular flexibility index (Phi) is 6.01. The zero-order valence-electron chi connectivity index (χ0n) is 16.6. The molecule has 0 saturated carbocycles. The molecule has 1 fully saturated rings. The van der Waals surface area contributed by atoms with Gasteiger partial charge in [-0.3, -0.25) is 14.5 Å². The number of fused-ring (bicyclic) bond motifs is 1. The molecule has 1 aromatic rings. The number of nitrogens with two attached hydrogens (primary N) is 1. The zero-order chi connectivity index (χ0) is 22.1. The maximum Gasteiger partial charge on any atom is 0.352 e. The van der Waals surface area contributed by atoms with Crippen molar-refractivity contribution < 1.29 is 24.3 Å². The van der Waals surface area contributed by atoms with Crippen molar-refractivity contribution in [1.82, 2.24) is 15.2 Å². The van der Waals surface area contributed by atoms with E-state index in [9.17, 15) is 19.5 Å². The van der Waals surface area contributed by atoms with Crippen molar-refractivity contribution >= 4 is 51.7 Å². The number of thiazole rings is 1. The van der Waals surface area contributed by atoms with Crippen molar-refractivity contribution in [3.05, 3.63) is 35.0 Å². The second-order valence-corrected chi connectivity index (χ2v) is 9.65. The summed E-state index contributed by atoms with van der Waals surface area (Å²) >= 11 is 2.55. The lowest BCUT2D eigenvalue weighted by atomic mass is 10.0. The molecule has 0 spiro atoms. The van der Waals surface area contributed by atoms with Crippen LogP contribution in [-0.4, -0.2) is 61.3 Å². The van der Waals surface area contributed by atoms with Crippen molar-refractivity contribution in [3.63, 3.8) is 0 Å². The van der Waals surface area contributed by atoms with Crippen molar-refractivity contribution in [3.8, 4) is 0 Å². The van der Waals surface area contributed by atoms with E-state index in [1.807, 2.05) is 19.1 Å². The number of anilines is 1. The summed E-state index contributed by atoms with van der Waals surface area (Å²) < 4.78 is 0. The van der Waals surface area contributed by atoms with Gasteiger partial charge in [0, 0.05) is 10.6 Å². The number of carboxylic acid groups (broad SMARTS) is 1. The molecule has 4 rings (SSSR count). The smallest absolute Gasteiger partial charge is 0.352 e. The van der Waals surface area contributed by atoms with Crippen LogP contribution in [-0.2, 0) is 19.2 Å². The number of hydrogen-bond donors (Lipinski definition) is 3. The van der Waals surface area contributed by atoms with E-state index < -0.39 is 29.2 Å². The summed E-state index contributed by atoms with van der Waals surface area (Å²) in [6, 6.07) is -0.876. The van der Waals surface area contributed by atoms with Crippen LogP contribution in [0.2, 0.25) is 0 Å². The van der Waals surface area contributed by atoms with Crippen LogP contribution in [0.4, 0.5) is 5.13 Å². The quantitative estimate of drug-likeness (QED) is 0.248. The first-order valence-electron chi connectivity index (χ1n) is 9.71. The fraction of sp³-hybridized carbons (Fsp3) is 0.421. The first-order valence-corrected chi connectivity index (χ1v) is 11.5. The molecule has 2 amide bonds. The summed E-state index contributed by atoms with van der Waals surface area (Å²) in [5.41, 5.74) is 5.80. The summed E-state index contributed by atoms with van der Waals surface area (Å²) in [5, 5.41) is 17.3. The molecule has 1 aliphatic carbocycles. The molecule has 31 heavy (non-hydrogen) atoms. The lowest BCUT2D eigenvalue weighted by Gasteiger charge is -2.49. The summed E-state index contributed by atoms with van der Waals surface area (Å²) in [6.07, 6.45) is 7.90. The molecule has 164 valence electrons. The van der Waals surface area contributed by atoms with Gasteiger partial charge in [-0.05, 0) is 38.3 Å². The molecular formula is C19H21N5O5S2. The number of oxime groups is 1. The van der Waals surface area contributed by atoms with Gasteiger partial charge in [-0.2, -0.15) is 0 Å². The molecule has 4 N–H and O–H groups in total. The van der Waals surface area contributed by atoms with Crippen LogP contribution >= 0.6 is 23.1 Å². The second kappa shape index (κ2) is 8.71. The minimum absolute atomic E-state index is 0.0691. The predicted molar refractivity (Wildman–Crippen MR) is 116 cm³/mol. The van der Waals surface area contributed by atoms with E-state index in [-0.39, 0.29) is 33.6 Å². The fourth-order valence-electron chi connectivity index (χ4n) is 3.53. The number of hydrogen-bond acceptors (Lipinski definition) is 9. The largest absolute Gasteiger partial charge is 0.477 e. The third kappa shape index (κ3) is 4.30. The number of carbonyl (C=O) groups is 3. The van der Waals surface area contributed by atoms with Gasteiger partial charge in [-0.15, -0.1) is 23.1 Å². The molecule has 0 bridgehead atoms. The summed E-state index contributed by atoms with van der Waals surface area (Å²) in [4.78, 5) is 47.9. The van der Waals surface area contributed by atoms with Crippen LogP contribution in [0.15, 0.2) is 34.5 Å². The first-order chi connectivity index (χ1) is 14.8. The molecule has 3 unspecified atom stereocenters. The maximum atomic E-state index is 13.0. The topological polar surface area (TPSA) is 147 Å². The number of carboxylic acids is 1. The second-order valence-electron chi connectivity index (χ2n) is 7.26. The highest BCUT2D eigenvalue weighted by molar-refractivity contribution is 8.00. The SMILES string of the molecule is CC1C=C(C(=O)O)N2C(=O)C(NC(=O)/C(=N\OC3C=CCCC3)c3csc(N)n3)[C@H]2S1. The van der Waals surface area contributed by atoms with Gasteiger partial charge in [0.05, 0.1) is 0 Å². The van der Waals surface area contributed by atoms with Crippen molar-refractivity contribution in [2.45, 2.75) is 49.0 Å². The molecule has 0 aromatic carbocycles. The number of aromatic nitrogens is 1. The van der Waals surface area contributed by atoms with Gasteiger partial charge in [-0.1, -0.05) is 11.2 Å². The van der Waals surface area contributed by atoms with E-state index in [1.54, 1.807) is 5.38 Å². The predicted octanol–water partition coefficient (Wildman–Crippen LogP) is 1.31. The van der Waals surface area contributed by atoms with Crippen molar-refractivity contribution in [2.24, 2.45) is 5.16 Å². The Morgan fingerprint density at radius 2 is 2.26 bits per heavy atom. The van der Waals surface area contributed by atoms with Gasteiger partial charge in [0.2, 0.25) is 0 Å². The normalized spacial score (nSPS) is 27.8. The number of amides is 2. The molecule has 1 saturated heterocycles. The Balaban J connectivity index is 1.52. The number of aliphatic carboxylic acids is 1. The van der Waals surface area contributed by atoms with Crippen molar-refractivity contribution in [1.29, 1.82) is 0 Å². The highest BCUT2D eigenvalue weighted by Crippen LogP contribution is 2.40. The van der Waals surface area contributed by atoms with E-state index in [0.29, 0.717) is 0 Å². The van der Waals surface area contributed by atoms with E-state index >= 15 is 0 Å². The van der Waals surface area contributed by atoms with E-state index in [1.165, 1.54) is 22.7 Å². The Hall–Kier alpha value is -2.86. The molecule has 0 radical (unpaired) electrons. The number of β-lactam (4-membered cyclic amide) rings is 1. The Labute approximate surface area is 186 Å². The first kappa shape index (κ1) is 21.4. The number of nitrogen functional groups attached to an aromatic ring is 1. The minimum Gasteiger partial charge on any atom is -0.477 e. The standard InChI is InChI=1S/C19H21N5O5S2/c1-9-7-12(18(27)28)24-16(26)14(17(24)31-9)22-15(25)13(11-8-30-19(20)21-11)23-29-10-5-3-2-4-6-10/h3,5,7-10,14,17H,2,4,6H2,1H3,(H2,20,21)(H,22,25)(H,27,28)/b23-13-/t9?,10?,14?,17-/m1/s1. The number of allylic oxidation sites excluding steroid dienone is 1. The van der Waals surface area contributed by atoms with E-state index in [0.717, 1.165) is 30.6 Å². The summed E-state index contributed by atoms with van der Waals surface area (Å²) in [6.45, 7) is 1.84. The number of rotatable bonds is 6. The average Bonchev–Trinajstić information content (AvgIpc) is 3.18. The molecule has 3 aliphatic rings. The minimum atomic E-state index is -1.18. The third-order valence-corrected chi connectivity index (χ3v) is 7.03. The van der Waals surface area contributed by atoms with Crippen LogP contribution in [0, 0.1) is 0 Å². The third-order valence-electron chi connectivity index (χ3n) is 5.02. The lowest BCUT2D eigenvalue weighted by molar-refractivity contribution is -0.150. The maximum absolute atomic E-state index is 13.0. The summed E-state index contributed by atoms with van der Waals surface area (Å²) in [5.74, 6) is -2.30. The number of nitrogens with one attached hydrogen (secondary N) is 1. The van der Waals surface area contributed by atoms with Crippen LogP contribution in [0.1, 0.15) is 31.9 Å². The van der Waals surface area contributed by atoms with Crippen LogP contribution < -0.4 is 11.1 Å². The Morgan fingerprint density at radius 3 is 2.90 bits per heavy atom. The van der Waals surface area contributed by atoms with Gasteiger partial charge >= 0.3 is 5.97 Å². The highest BCUT2D eigenvalue weighted by Gasteiger charge is 2.54. The monoisotopic (exact) mass is 463 g/mol. The van der Waals surface area contributed by atoms with Gasteiger partial charge in [0.1, 0.15) is 28.9 Å². The van der Waals surface area contributed by atoms with E-state index in [4.69, 9.17) is 10.6 Å². The number of thioether (sulfide) groups is 1. The van der Waals surface area contributed by atoms with Gasteiger partial charge in [0.25, 0.3) is 11.8 Å². The molecule has 10 nitrogen and oxygen atoms in total. The lowest BCUT2D eigenvalue weighted by Crippen LogP contribution is -2.71. The fourth-order valence-corrected chi connectivity index (χ4v) is 5.40. The molecule has 3 heterocycles. The Morgan fingerprint density at radius 1 is 1.45 bits per heavy atom. The molecule has 2 aliphatic heterocycles.